The Balaban J connectivity index is 2.83. The maximum absolute atomic E-state index is 8.48. The van der Waals surface area contributed by atoms with E-state index in [1.165, 1.54) is 38.5 Å². The molecule has 1 N–H and O–H groups in total. The van der Waals surface area contributed by atoms with Crippen molar-refractivity contribution in [2.75, 3.05) is 19.8 Å². The molecule has 0 rings (SSSR count). The van der Waals surface area contributed by atoms with Crippen molar-refractivity contribution in [2.45, 2.75) is 51.4 Å². The lowest BCUT2D eigenvalue weighted by Gasteiger charge is -2.02. The van der Waals surface area contributed by atoms with Crippen molar-refractivity contribution in [2.24, 2.45) is 0 Å². The van der Waals surface area contributed by atoms with E-state index in [9.17, 15) is 0 Å². The van der Waals surface area contributed by atoms with Crippen LogP contribution in [-0.2, 0) is 4.74 Å². The highest BCUT2D eigenvalue weighted by molar-refractivity contribution is 4.65. The van der Waals surface area contributed by atoms with Crippen LogP contribution in [0.3, 0.4) is 0 Å². The molecule has 0 atom stereocenters. The molecule has 2 heteroatoms. The number of hydrogen-bond acceptors (Lipinski definition) is 2. The molecule has 0 heterocycles. The van der Waals surface area contributed by atoms with Gasteiger partial charge in [0.05, 0.1) is 13.2 Å². The third-order valence-corrected chi connectivity index (χ3v) is 2.43. The number of unbranched alkanes of at least 4 members (excludes halogenated alkanes) is 7. The maximum atomic E-state index is 8.48. The summed E-state index contributed by atoms with van der Waals surface area (Å²) in [5, 5.41) is 8.48. The minimum absolute atomic E-state index is 0.142. The predicted molar refractivity (Wildman–Crippen MR) is 65.0 cm³/mol. The molecule has 2 nitrogen and oxygen atoms in total. The van der Waals surface area contributed by atoms with E-state index in [-0.39, 0.29) is 6.61 Å². The summed E-state index contributed by atoms with van der Waals surface area (Å²) < 4.78 is 5.18. The van der Waals surface area contributed by atoms with E-state index >= 15 is 0 Å². The molecule has 0 aliphatic rings. The lowest BCUT2D eigenvalue weighted by atomic mass is 10.1. The molecular formula is C13H26O2. The first-order valence-corrected chi connectivity index (χ1v) is 6.21. The SMILES string of the molecule is C=CCCCCCCCCCOCCO. The van der Waals surface area contributed by atoms with Crippen molar-refractivity contribution in [1.29, 1.82) is 0 Å². The average Bonchev–Trinajstić information content (AvgIpc) is 2.26. The number of ether oxygens (including phenoxy) is 1. The zero-order chi connectivity index (χ0) is 11.2. The van der Waals surface area contributed by atoms with Crippen molar-refractivity contribution >= 4 is 0 Å². The number of hydrogen-bond donors (Lipinski definition) is 1. The number of allylic oxidation sites excluding steroid dienone is 1. The molecule has 90 valence electrons. The quantitative estimate of drug-likeness (QED) is 0.399. The molecule has 0 fully saturated rings. The molecule has 0 aromatic heterocycles. The van der Waals surface area contributed by atoms with Gasteiger partial charge in [0.2, 0.25) is 0 Å². The third kappa shape index (κ3) is 13.7. The average molecular weight is 214 g/mol. The monoisotopic (exact) mass is 214 g/mol. The molecule has 0 amide bonds. The summed E-state index contributed by atoms with van der Waals surface area (Å²) in [6, 6.07) is 0. The second-order valence-electron chi connectivity index (χ2n) is 3.89. The van der Waals surface area contributed by atoms with Crippen molar-refractivity contribution in [3.63, 3.8) is 0 Å². The van der Waals surface area contributed by atoms with Gasteiger partial charge in [-0.1, -0.05) is 38.2 Å². The molecule has 0 aliphatic heterocycles. The Labute approximate surface area is 94.3 Å². The van der Waals surface area contributed by atoms with Crippen molar-refractivity contribution in [3.8, 4) is 0 Å². The Kier molecular flexibility index (Phi) is 13.4. The Morgan fingerprint density at radius 2 is 1.47 bits per heavy atom. The zero-order valence-corrected chi connectivity index (χ0v) is 9.92. The van der Waals surface area contributed by atoms with Crippen LogP contribution in [-0.4, -0.2) is 24.9 Å². The van der Waals surface area contributed by atoms with E-state index < -0.39 is 0 Å². The van der Waals surface area contributed by atoms with Crippen LogP contribution in [0, 0.1) is 0 Å². The molecule has 0 spiro atoms. The van der Waals surface area contributed by atoms with E-state index in [1.54, 1.807) is 0 Å². The van der Waals surface area contributed by atoms with Gasteiger partial charge in [-0.25, -0.2) is 0 Å². The van der Waals surface area contributed by atoms with Gasteiger partial charge in [-0.15, -0.1) is 6.58 Å². The van der Waals surface area contributed by atoms with Crippen molar-refractivity contribution in [1.82, 2.24) is 0 Å². The summed E-state index contributed by atoms with van der Waals surface area (Å²) in [6.45, 7) is 5.14. The summed E-state index contributed by atoms with van der Waals surface area (Å²) in [5.74, 6) is 0. The van der Waals surface area contributed by atoms with Gasteiger partial charge in [0.25, 0.3) is 0 Å². The van der Waals surface area contributed by atoms with Gasteiger partial charge in [-0.05, 0) is 19.3 Å². The molecule has 15 heavy (non-hydrogen) atoms. The number of aliphatic hydroxyl groups excluding tert-OH is 1. The van der Waals surface area contributed by atoms with E-state index in [4.69, 9.17) is 9.84 Å². The van der Waals surface area contributed by atoms with Crippen molar-refractivity contribution in [3.05, 3.63) is 12.7 Å². The van der Waals surface area contributed by atoms with Crippen molar-refractivity contribution < 1.29 is 9.84 Å². The normalized spacial score (nSPS) is 10.5. The topological polar surface area (TPSA) is 29.5 Å². The summed E-state index contributed by atoms with van der Waals surface area (Å²) in [6.07, 6.45) is 12.2. The second-order valence-corrected chi connectivity index (χ2v) is 3.89. The second kappa shape index (κ2) is 13.7. The lowest BCUT2D eigenvalue weighted by molar-refractivity contribution is 0.0895. The Bertz CT molecular complexity index is 124. The molecule has 0 radical (unpaired) electrons. The standard InChI is InChI=1S/C13H26O2/c1-2-3-4-5-6-7-8-9-10-12-15-13-11-14/h2,14H,1,3-13H2. The molecule has 0 aromatic rings. The van der Waals surface area contributed by atoms with Gasteiger partial charge < -0.3 is 9.84 Å². The molecule has 0 aliphatic carbocycles. The van der Waals surface area contributed by atoms with Gasteiger partial charge in [-0.3, -0.25) is 0 Å². The minimum Gasteiger partial charge on any atom is -0.394 e. The van der Waals surface area contributed by atoms with E-state index in [1.807, 2.05) is 6.08 Å². The van der Waals surface area contributed by atoms with Crippen LogP contribution in [0.4, 0.5) is 0 Å². The maximum Gasteiger partial charge on any atom is 0.0697 e. The number of aliphatic hydroxyl groups is 1. The van der Waals surface area contributed by atoms with E-state index in [0.717, 1.165) is 19.4 Å². The molecule has 0 aromatic carbocycles. The summed E-state index contributed by atoms with van der Waals surface area (Å²) in [4.78, 5) is 0. The zero-order valence-electron chi connectivity index (χ0n) is 9.92. The van der Waals surface area contributed by atoms with Crippen LogP contribution < -0.4 is 0 Å². The first kappa shape index (κ1) is 14.7. The Morgan fingerprint density at radius 1 is 0.867 bits per heavy atom. The highest BCUT2D eigenvalue weighted by atomic mass is 16.5. The first-order chi connectivity index (χ1) is 7.41. The molecule has 0 bridgehead atoms. The van der Waals surface area contributed by atoms with Gasteiger partial charge >= 0.3 is 0 Å². The fourth-order valence-electron chi connectivity index (χ4n) is 1.54. The van der Waals surface area contributed by atoms with Gasteiger partial charge in [0.1, 0.15) is 0 Å². The van der Waals surface area contributed by atoms with Crippen LogP contribution >= 0.6 is 0 Å². The van der Waals surface area contributed by atoms with Gasteiger partial charge in [0, 0.05) is 6.61 Å². The fourth-order valence-corrected chi connectivity index (χ4v) is 1.54. The summed E-state index contributed by atoms with van der Waals surface area (Å²) in [5.41, 5.74) is 0. The van der Waals surface area contributed by atoms with Gasteiger partial charge in [-0.2, -0.15) is 0 Å². The predicted octanol–water partition coefficient (Wildman–Crippen LogP) is 3.30. The highest BCUT2D eigenvalue weighted by Gasteiger charge is 1.91. The van der Waals surface area contributed by atoms with E-state index in [0.29, 0.717) is 6.61 Å². The molecular weight excluding hydrogens is 188 g/mol. The molecule has 0 saturated carbocycles. The first-order valence-electron chi connectivity index (χ1n) is 6.21. The van der Waals surface area contributed by atoms with Gasteiger partial charge in [0.15, 0.2) is 0 Å². The summed E-state index contributed by atoms with van der Waals surface area (Å²) >= 11 is 0. The Morgan fingerprint density at radius 3 is 2.07 bits per heavy atom. The van der Waals surface area contributed by atoms with E-state index in [2.05, 4.69) is 6.58 Å². The van der Waals surface area contributed by atoms with Crippen LogP contribution in [0.15, 0.2) is 12.7 Å². The minimum atomic E-state index is 0.142. The Hall–Kier alpha value is -0.340. The molecule has 0 unspecified atom stereocenters. The third-order valence-electron chi connectivity index (χ3n) is 2.43. The largest absolute Gasteiger partial charge is 0.394 e. The van der Waals surface area contributed by atoms with Crippen LogP contribution in [0.5, 0.6) is 0 Å². The highest BCUT2D eigenvalue weighted by Crippen LogP contribution is 2.08. The molecule has 0 saturated heterocycles. The number of rotatable bonds is 12. The van der Waals surface area contributed by atoms with Crippen LogP contribution in [0.1, 0.15) is 51.4 Å². The summed E-state index contributed by atoms with van der Waals surface area (Å²) in [7, 11) is 0. The van der Waals surface area contributed by atoms with Crippen LogP contribution in [0.25, 0.3) is 0 Å². The van der Waals surface area contributed by atoms with Crippen LogP contribution in [0.2, 0.25) is 0 Å². The smallest absolute Gasteiger partial charge is 0.0697 e. The fraction of sp³-hybridized carbons (Fsp3) is 0.846. The lowest BCUT2D eigenvalue weighted by Crippen LogP contribution is -2.00.